The average molecular weight is 312 g/mol. The Bertz CT molecular complexity index is 696. The highest BCUT2D eigenvalue weighted by Crippen LogP contribution is 2.23. The lowest BCUT2D eigenvalue weighted by Gasteiger charge is -2.35. The number of carbonyl (C=O) groups is 2. The van der Waals surface area contributed by atoms with Gasteiger partial charge in [0.1, 0.15) is 6.04 Å². The lowest BCUT2D eigenvalue weighted by atomic mass is 9.93. The van der Waals surface area contributed by atoms with Crippen LogP contribution in [0, 0.1) is 0 Å². The number of fused-ring (bicyclic) bond motifs is 1. The van der Waals surface area contributed by atoms with Crippen LogP contribution >= 0.6 is 0 Å². The van der Waals surface area contributed by atoms with Crippen LogP contribution in [0.1, 0.15) is 18.1 Å². The minimum absolute atomic E-state index is 0.0748. The lowest BCUT2D eigenvalue weighted by Crippen LogP contribution is -2.52. The molecule has 1 aromatic heterocycles. The van der Waals surface area contributed by atoms with Gasteiger partial charge in [0.15, 0.2) is 0 Å². The van der Waals surface area contributed by atoms with Crippen molar-refractivity contribution in [1.29, 1.82) is 0 Å². The summed E-state index contributed by atoms with van der Waals surface area (Å²) in [7, 11) is 0. The van der Waals surface area contributed by atoms with Crippen molar-refractivity contribution in [3.05, 3.63) is 54.1 Å². The Balaban J connectivity index is 1.66. The second-order valence-corrected chi connectivity index (χ2v) is 5.73. The first-order chi connectivity index (χ1) is 11.1. The standard InChI is InChI=1S/C17H20N4O2/c1-13(22)21-11-15-5-3-2-4-14(15)10-16(21)17(23)19-7-9-20-8-6-18-12-20/h2-6,8,12,16H,7,9-11H2,1H3,(H,19,23)/t16-/m0/s1. The maximum absolute atomic E-state index is 12.5. The molecule has 6 heteroatoms. The van der Waals surface area contributed by atoms with Gasteiger partial charge in [-0.25, -0.2) is 4.98 Å². The Morgan fingerprint density at radius 3 is 2.78 bits per heavy atom. The minimum Gasteiger partial charge on any atom is -0.353 e. The summed E-state index contributed by atoms with van der Waals surface area (Å²) in [4.78, 5) is 30.1. The van der Waals surface area contributed by atoms with Crippen LogP contribution < -0.4 is 5.32 Å². The van der Waals surface area contributed by atoms with Crippen molar-refractivity contribution in [3.8, 4) is 0 Å². The summed E-state index contributed by atoms with van der Waals surface area (Å²) < 4.78 is 1.90. The molecule has 1 aliphatic rings. The first-order valence-electron chi connectivity index (χ1n) is 7.72. The summed E-state index contributed by atoms with van der Waals surface area (Å²) in [6, 6.07) is 7.53. The molecule has 0 saturated heterocycles. The molecule has 1 aromatic carbocycles. The predicted molar refractivity (Wildman–Crippen MR) is 85.4 cm³/mol. The summed E-state index contributed by atoms with van der Waals surface area (Å²) >= 11 is 0. The van der Waals surface area contributed by atoms with Crippen LogP contribution in [0.2, 0.25) is 0 Å². The van der Waals surface area contributed by atoms with Crippen molar-refractivity contribution in [2.24, 2.45) is 0 Å². The molecule has 3 rings (SSSR count). The number of nitrogens with zero attached hydrogens (tertiary/aromatic N) is 3. The molecule has 0 bridgehead atoms. The molecule has 120 valence electrons. The summed E-state index contributed by atoms with van der Waals surface area (Å²) in [5.41, 5.74) is 2.25. The molecule has 0 unspecified atom stereocenters. The first-order valence-corrected chi connectivity index (χ1v) is 7.72. The smallest absolute Gasteiger partial charge is 0.243 e. The van der Waals surface area contributed by atoms with Gasteiger partial charge in [-0.05, 0) is 11.1 Å². The molecule has 0 saturated carbocycles. The molecular formula is C17H20N4O2. The molecule has 2 heterocycles. The van der Waals surface area contributed by atoms with E-state index in [1.54, 1.807) is 17.4 Å². The van der Waals surface area contributed by atoms with E-state index in [4.69, 9.17) is 0 Å². The van der Waals surface area contributed by atoms with Crippen molar-refractivity contribution in [2.75, 3.05) is 6.54 Å². The number of aromatic nitrogens is 2. The third-order valence-electron chi connectivity index (χ3n) is 4.18. The van der Waals surface area contributed by atoms with Gasteiger partial charge < -0.3 is 14.8 Å². The van der Waals surface area contributed by atoms with Gasteiger partial charge in [0.05, 0.1) is 6.33 Å². The van der Waals surface area contributed by atoms with Crippen molar-refractivity contribution >= 4 is 11.8 Å². The van der Waals surface area contributed by atoms with Crippen LogP contribution in [0.4, 0.5) is 0 Å². The second kappa shape index (κ2) is 6.64. The molecule has 23 heavy (non-hydrogen) atoms. The SMILES string of the molecule is CC(=O)N1Cc2ccccc2C[C@H]1C(=O)NCCn1ccnc1. The number of hydrogen-bond donors (Lipinski definition) is 1. The molecule has 0 aliphatic carbocycles. The van der Waals surface area contributed by atoms with E-state index in [1.807, 2.05) is 35.0 Å². The molecule has 0 radical (unpaired) electrons. The zero-order valence-corrected chi connectivity index (χ0v) is 13.1. The van der Waals surface area contributed by atoms with E-state index in [1.165, 1.54) is 6.92 Å². The fourth-order valence-corrected chi connectivity index (χ4v) is 2.93. The van der Waals surface area contributed by atoms with E-state index in [0.717, 1.165) is 11.1 Å². The van der Waals surface area contributed by atoms with Crippen molar-refractivity contribution in [2.45, 2.75) is 32.5 Å². The molecule has 2 amide bonds. The number of amides is 2. The number of nitrogens with one attached hydrogen (secondary N) is 1. The second-order valence-electron chi connectivity index (χ2n) is 5.73. The number of rotatable bonds is 4. The molecule has 6 nitrogen and oxygen atoms in total. The Kier molecular flexibility index (Phi) is 4.41. The van der Waals surface area contributed by atoms with E-state index in [-0.39, 0.29) is 11.8 Å². The third-order valence-corrected chi connectivity index (χ3v) is 4.18. The van der Waals surface area contributed by atoms with Gasteiger partial charge in [0.25, 0.3) is 0 Å². The summed E-state index contributed by atoms with van der Waals surface area (Å²) in [6.07, 6.45) is 5.83. The van der Waals surface area contributed by atoms with Crippen LogP contribution in [0.5, 0.6) is 0 Å². The number of imidazole rings is 1. The molecule has 1 N–H and O–H groups in total. The Hall–Kier alpha value is -2.63. The van der Waals surface area contributed by atoms with Crippen LogP contribution in [0.3, 0.4) is 0 Å². The topological polar surface area (TPSA) is 67.2 Å². The van der Waals surface area contributed by atoms with E-state index >= 15 is 0 Å². The van der Waals surface area contributed by atoms with Gasteiger partial charge >= 0.3 is 0 Å². The Labute approximate surface area is 135 Å². The Morgan fingerprint density at radius 2 is 2.09 bits per heavy atom. The quantitative estimate of drug-likeness (QED) is 0.915. The normalized spacial score (nSPS) is 16.7. The van der Waals surface area contributed by atoms with E-state index in [9.17, 15) is 9.59 Å². The van der Waals surface area contributed by atoms with Crippen molar-refractivity contribution in [3.63, 3.8) is 0 Å². The highest BCUT2D eigenvalue weighted by atomic mass is 16.2. The highest BCUT2D eigenvalue weighted by Gasteiger charge is 2.32. The summed E-state index contributed by atoms with van der Waals surface area (Å²) in [5, 5.41) is 2.92. The average Bonchev–Trinajstić information content (AvgIpc) is 3.06. The number of carbonyl (C=O) groups excluding carboxylic acids is 2. The predicted octanol–water partition coefficient (Wildman–Crippen LogP) is 0.973. The van der Waals surface area contributed by atoms with Gasteiger partial charge in [0, 0.05) is 45.4 Å². The van der Waals surface area contributed by atoms with Gasteiger partial charge in [-0.3, -0.25) is 9.59 Å². The molecular weight excluding hydrogens is 292 g/mol. The summed E-state index contributed by atoms with van der Waals surface area (Å²) in [5.74, 6) is -0.177. The van der Waals surface area contributed by atoms with Gasteiger partial charge in [0.2, 0.25) is 11.8 Å². The number of benzene rings is 1. The number of hydrogen-bond acceptors (Lipinski definition) is 3. The maximum Gasteiger partial charge on any atom is 0.243 e. The minimum atomic E-state index is -0.440. The largest absolute Gasteiger partial charge is 0.353 e. The van der Waals surface area contributed by atoms with E-state index in [0.29, 0.717) is 26.1 Å². The zero-order valence-electron chi connectivity index (χ0n) is 13.1. The van der Waals surface area contributed by atoms with Crippen molar-refractivity contribution < 1.29 is 9.59 Å². The first kappa shape index (κ1) is 15.3. The van der Waals surface area contributed by atoms with Gasteiger partial charge in [-0.1, -0.05) is 24.3 Å². The fraction of sp³-hybridized carbons (Fsp3) is 0.353. The fourth-order valence-electron chi connectivity index (χ4n) is 2.93. The van der Waals surface area contributed by atoms with E-state index in [2.05, 4.69) is 10.3 Å². The van der Waals surface area contributed by atoms with Gasteiger partial charge in [-0.2, -0.15) is 0 Å². The van der Waals surface area contributed by atoms with Crippen LogP contribution in [0.15, 0.2) is 43.0 Å². The van der Waals surface area contributed by atoms with Crippen LogP contribution in [-0.4, -0.2) is 38.9 Å². The van der Waals surface area contributed by atoms with Crippen LogP contribution in [-0.2, 0) is 29.1 Å². The zero-order chi connectivity index (χ0) is 16.2. The Morgan fingerprint density at radius 1 is 1.30 bits per heavy atom. The van der Waals surface area contributed by atoms with Crippen molar-refractivity contribution in [1.82, 2.24) is 19.8 Å². The molecule has 0 spiro atoms. The van der Waals surface area contributed by atoms with Crippen LogP contribution in [0.25, 0.3) is 0 Å². The molecule has 2 aromatic rings. The third kappa shape index (κ3) is 3.41. The molecule has 0 fully saturated rings. The highest BCUT2D eigenvalue weighted by molar-refractivity contribution is 5.87. The monoisotopic (exact) mass is 312 g/mol. The van der Waals surface area contributed by atoms with Gasteiger partial charge in [-0.15, -0.1) is 0 Å². The molecule has 1 atom stereocenters. The van der Waals surface area contributed by atoms with E-state index < -0.39 is 6.04 Å². The molecule has 1 aliphatic heterocycles. The maximum atomic E-state index is 12.5. The summed E-state index contributed by atoms with van der Waals surface area (Å²) in [6.45, 7) is 3.18. The lowest BCUT2D eigenvalue weighted by molar-refractivity contribution is -0.140.